The fraction of sp³-hybridized carbons (Fsp3) is 0.560. The third-order valence-corrected chi connectivity index (χ3v) is 7.11. The van der Waals surface area contributed by atoms with Gasteiger partial charge in [-0.25, -0.2) is 0 Å². The molecular formula is C25H33ClN4O4. The number of ether oxygens (including phenoxy) is 2. The number of piperidine rings is 1. The maximum Gasteiger partial charge on any atom is 0.257 e. The summed E-state index contributed by atoms with van der Waals surface area (Å²) in [7, 11) is 0. The van der Waals surface area contributed by atoms with E-state index in [0.29, 0.717) is 75.8 Å². The van der Waals surface area contributed by atoms with Crippen LogP contribution in [0.5, 0.6) is 5.75 Å². The molecule has 0 aliphatic carbocycles. The van der Waals surface area contributed by atoms with Crippen LogP contribution in [0.25, 0.3) is 0 Å². The van der Waals surface area contributed by atoms with Gasteiger partial charge in [0.1, 0.15) is 5.75 Å². The molecule has 0 spiro atoms. The molecule has 2 aliphatic heterocycles. The van der Waals surface area contributed by atoms with Crippen LogP contribution in [0.4, 0.5) is 0 Å². The summed E-state index contributed by atoms with van der Waals surface area (Å²) in [5.41, 5.74) is 1.06. The normalized spacial score (nSPS) is 18.1. The monoisotopic (exact) mass is 488 g/mol. The van der Waals surface area contributed by atoms with E-state index in [1.54, 1.807) is 16.8 Å². The maximum absolute atomic E-state index is 13.2. The number of morpholine rings is 1. The van der Waals surface area contributed by atoms with E-state index in [4.69, 9.17) is 21.1 Å². The third-order valence-electron chi connectivity index (χ3n) is 6.86. The topological polar surface area (TPSA) is 76.9 Å². The van der Waals surface area contributed by atoms with Crippen LogP contribution in [0.1, 0.15) is 42.2 Å². The van der Waals surface area contributed by atoms with Crippen LogP contribution in [0.3, 0.4) is 0 Å². The van der Waals surface area contributed by atoms with Crippen LogP contribution in [-0.2, 0) is 16.1 Å². The number of halogens is 1. The fourth-order valence-electron chi connectivity index (χ4n) is 4.63. The van der Waals surface area contributed by atoms with Gasteiger partial charge in [-0.3, -0.25) is 14.3 Å². The predicted octanol–water partition coefficient (Wildman–Crippen LogP) is 3.42. The minimum Gasteiger partial charge on any atom is -0.493 e. The molecule has 0 radical (unpaired) electrons. The first-order chi connectivity index (χ1) is 16.4. The van der Waals surface area contributed by atoms with Crippen molar-refractivity contribution >= 4 is 23.4 Å². The van der Waals surface area contributed by atoms with Crippen molar-refractivity contribution < 1.29 is 19.1 Å². The summed E-state index contributed by atoms with van der Waals surface area (Å²) < 4.78 is 13.3. The molecule has 4 rings (SSSR count). The molecule has 9 heteroatoms. The smallest absolute Gasteiger partial charge is 0.257 e. The zero-order valence-electron chi connectivity index (χ0n) is 20.0. The number of hydrogen-bond donors (Lipinski definition) is 0. The van der Waals surface area contributed by atoms with Crippen molar-refractivity contribution in [1.29, 1.82) is 0 Å². The molecule has 2 aliphatic rings. The molecule has 34 heavy (non-hydrogen) atoms. The van der Waals surface area contributed by atoms with Gasteiger partial charge in [-0.15, -0.1) is 0 Å². The summed E-state index contributed by atoms with van der Waals surface area (Å²) in [4.78, 5) is 30.1. The molecular weight excluding hydrogens is 456 g/mol. The highest BCUT2D eigenvalue weighted by Crippen LogP contribution is 2.37. The largest absolute Gasteiger partial charge is 0.493 e. The molecule has 184 valence electrons. The Morgan fingerprint density at radius 1 is 1.09 bits per heavy atom. The Morgan fingerprint density at radius 2 is 1.76 bits per heavy atom. The number of likely N-dealkylation sites (tertiary alicyclic amines) is 1. The van der Waals surface area contributed by atoms with E-state index in [1.165, 1.54) is 0 Å². The van der Waals surface area contributed by atoms with Crippen molar-refractivity contribution in [3.05, 3.63) is 46.7 Å². The van der Waals surface area contributed by atoms with Crippen molar-refractivity contribution in [2.45, 2.75) is 39.7 Å². The fourth-order valence-corrected chi connectivity index (χ4v) is 4.76. The van der Waals surface area contributed by atoms with Gasteiger partial charge < -0.3 is 19.3 Å². The van der Waals surface area contributed by atoms with Crippen LogP contribution in [-0.4, -0.2) is 77.4 Å². The van der Waals surface area contributed by atoms with Gasteiger partial charge in [0.25, 0.3) is 5.91 Å². The first-order valence-electron chi connectivity index (χ1n) is 12.0. The highest BCUT2D eigenvalue weighted by atomic mass is 35.5. The molecule has 3 heterocycles. The van der Waals surface area contributed by atoms with Gasteiger partial charge in [-0.2, -0.15) is 5.10 Å². The number of amides is 2. The number of hydrogen-bond acceptors (Lipinski definition) is 5. The van der Waals surface area contributed by atoms with Gasteiger partial charge in [-0.1, -0.05) is 11.6 Å². The van der Waals surface area contributed by atoms with E-state index in [2.05, 4.69) is 5.10 Å². The molecule has 2 saturated heterocycles. The molecule has 2 amide bonds. The van der Waals surface area contributed by atoms with Crippen molar-refractivity contribution in [3.8, 4) is 5.75 Å². The molecule has 1 aromatic carbocycles. The molecule has 0 saturated carbocycles. The third kappa shape index (κ3) is 5.73. The molecule has 2 aromatic rings. The Labute approximate surface area is 205 Å². The maximum atomic E-state index is 13.2. The second-order valence-electron chi connectivity index (χ2n) is 9.19. The van der Waals surface area contributed by atoms with Crippen LogP contribution in [0, 0.1) is 12.3 Å². The van der Waals surface area contributed by atoms with Gasteiger partial charge in [0.05, 0.1) is 31.1 Å². The zero-order valence-corrected chi connectivity index (χ0v) is 20.7. The first-order valence-corrected chi connectivity index (χ1v) is 12.3. The Bertz CT molecular complexity index is 993. The number of carbonyl (C=O) groups is 2. The number of rotatable bonds is 7. The van der Waals surface area contributed by atoms with Crippen molar-refractivity contribution in [1.82, 2.24) is 19.6 Å². The molecule has 2 fully saturated rings. The van der Waals surface area contributed by atoms with E-state index in [0.717, 1.165) is 18.0 Å². The number of benzene rings is 1. The quantitative estimate of drug-likeness (QED) is 0.597. The molecule has 1 aromatic heterocycles. The first kappa shape index (κ1) is 24.5. The summed E-state index contributed by atoms with van der Waals surface area (Å²) in [5.74, 6) is 0.857. The summed E-state index contributed by atoms with van der Waals surface area (Å²) in [6, 6.07) is 7.27. The van der Waals surface area contributed by atoms with E-state index >= 15 is 0 Å². The Hall–Kier alpha value is -2.58. The Morgan fingerprint density at radius 3 is 2.38 bits per heavy atom. The summed E-state index contributed by atoms with van der Waals surface area (Å²) >= 11 is 6.00. The van der Waals surface area contributed by atoms with Gasteiger partial charge in [0, 0.05) is 55.8 Å². The lowest BCUT2D eigenvalue weighted by Crippen LogP contribution is -2.49. The highest BCUT2D eigenvalue weighted by Gasteiger charge is 2.40. The lowest BCUT2D eigenvalue weighted by atomic mass is 9.75. The number of nitrogens with zero attached hydrogens (tertiary/aromatic N) is 4. The van der Waals surface area contributed by atoms with Gasteiger partial charge in [0.2, 0.25) is 5.91 Å². The van der Waals surface area contributed by atoms with Crippen molar-refractivity contribution in [3.63, 3.8) is 0 Å². The molecule has 8 nitrogen and oxygen atoms in total. The molecule has 0 bridgehead atoms. The average molecular weight is 489 g/mol. The average Bonchev–Trinajstić information content (AvgIpc) is 3.25. The van der Waals surface area contributed by atoms with E-state index in [-0.39, 0.29) is 17.2 Å². The van der Waals surface area contributed by atoms with Gasteiger partial charge in [-0.05, 0) is 51.0 Å². The summed E-state index contributed by atoms with van der Waals surface area (Å²) in [6.07, 6.45) is 3.62. The molecule has 0 N–H and O–H groups in total. The van der Waals surface area contributed by atoms with Crippen molar-refractivity contribution in [2.75, 3.05) is 46.0 Å². The Kier molecular flexibility index (Phi) is 7.78. The standard InChI is InChI=1S/C25H33ClN4O4/c1-3-30-17-22(19(2)27-30)24(32)29-10-8-25(9-11-29,16-23(31)28-12-14-33-15-13-28)18-34-21-6-4-20(26)5-7-21/h4-7,17H,3,8-16,18H2,1-2H3. The van der Waals surface area contributed by atoms with Crippen LogP contribution < -0.4 is 4.74 Å². The van der Waals surface area contributed by atoms with Gasteiger partial charge >= 0.3 is 0 Å². The Balaban J connectivity index is 1.45. The van der Waals surface area contributed by atoms with Crippen molar-refractivity contribution in [2.24, 2.45) is 5.41 Å². The SMILES string of the molecule is CCn1cc(C(=O)N2CCC(COc3ccc(Cl)cc3)(CC(=O)N3CCOCC3)CC2)c(C)n1. The zero-order chi connectivity index (χ0) is 24.1. The lowest BCUT2D eigenvalue weighted by Gasteiger charge is -2.42. The summed E-state index contributed by atoms with van der Waals surface area (Å²) in [6.45, 7) is 8.57. The van der Waals surface area contributed by atoms with Gasteiger partial charge in [0.15, 0.2) is 0 Å². The molecule has 0 atom stereocenters. The van der Waals surface area contributed by atoms with E-state index in [1.807, 2.05) is 42.0 Å². The van der Waals surface area contributed by atoms with Crippen LogP contribution >= 0.6 is 11.6 Å². The van der Waals surface area contributed by atoms with E-state index < -0.39 is 0 Å². The predicted molar refractivity (Wildman–Crippen MR) is 129 cm³/mol. The number of carbonyl (C=O) groups excluding carboxylic acids is 2. The minimum absolute atomic E-state index is 0.00363. The minimum atomic E-state index is -0.339. The number of aromatic nitrogens is 2. The lowest BCUT2D eigenvalue weighted by molar-refractivity contribution is -0.139. The summed E-state index contributed by atoms with van der Waals surface area (Å²) in [5, 5.41) is 5.06. The number of aryl methyl sites for hydroxylation is 2. The second kappa shape index (κ2) is 10.8. The van der Waals surface area contributed by atoms with E-state index in [9.17, 15) is 9.59 Å². The van der Waals surface area contributed by atoms with Crippen LogP contribution in [0.15, 0.2) is 30.5 Å². The second-order valence-corrected chi connectivity index (χ2v) is 9.63. The molecule has 0 unspecified atom stereocenters. The van der Waals surface area contributed by atoms with Crippen LogP contribution in [0.2, 0.25) is 5.02 Å². The highest BCUT2D eigenvalue weighted by molar-refractivity contribution is 6.30.